The summed E-state index contributed by atoms with van der Waals surface area (Å²) in [6.45, 7) is 1.77. The van der Waals surface area contributed by atoms with Crippen LogP contribution in [0, 0.1) is 5.82 Å². The van der Waals surface area contributed by atoms with Crippen LogP contribution in [0.3, 0.4) is 0 Å². The van der Waals surface area contributed by atoms with Crippen LogP contribution in [0.1, 0.15) is 33.1 Å². The van der Waals surface area contributed by atoms with Crippen LogP contribution in [0.5, 0.6) is 0 Å². The zero-order valence-electron chi connectivity index (χ0n) is 17.7. The van der Waals surface area contributed by atoms with Crippen LogP contribution >= 0.6 is 11.6 Å². The van der Waals surface area contributed by atoms with E-state index >= 15 is 0 Å². The molecule has 0 atom stereocenters. The van der Waals surface area contributed by atoms with Crippen LogP contribution in [0.2, 0.25) is 5.02 Å². The second-order valence-corrected chi connectivity index (χ2v) is 7.93. The molecule has 1 amide bonds. The molecule has 33 heavy (non-hydrogen) atoms. The molecular weight excluding hydrogens is 443 g/mol. The second-order valence-electron chi connectivity index (χ2n) is 7.53. The van der Waals surface area contributed by atoms with Gasteiger partial charge < -0.3 is 9.73 Å². The van der Waals surface area contributed by atoms with Gasteiger partial charge in [-0.1, -0.05) is 41.9 Å². The number of carbonyl (C=O) groups is 1. The molecule has 2 heterocycles. The van der Waals surface area contributed by atoms with Gasteiger partial charge in [0.2, 0.25) is 5.89 Å². The average molecular weight is 465 g/mol. The van der Waals surface area contributed by atoms with Crippen molar-refractivity contribution in [3.63, 3.8) is 0 Å². The molecule has 1 N–H and O–H groups in total. The lowest BCUT2D eigenvalue weighted by Gasteiger charge is -2.21. The third-order valence-electron chi connectivity index (χ3n) is 5.02. The molecular formula is C25H22ClFN4O2. The minimum absolute atomic E-state index is 0.207. The Kier molecular flexibility index (Phi) is 7.44. The number of hydrogen-bond acceptors (Lipinski definition) is 5. The summed E-state index contributed by atoms with van der Waals surface area (Å²) in [4.78, 5) is 22.8. The van der Waals surface area contributed by atoms with Crippen molar-refractivity contribution in [1.82, 2.24) is 20.2 Å². The Balaban J connectivity index is 1.45. The van der Waals surface area contributed by atoms with E-state index in [-0.39, 0.29) is 17.4 Å². The molecule has 0 saturated heterocycles. The van der Waals surface area contributed by atoms with E-state index in [1.807, 2.05) is 36.4 Å². The molecule has 4 rings (SSSR count). The monoisotopic (exact) mass is 464 g/mol. The Hall–Kier alpha value is -3.55. The zero-order chi connectivity index (χ0) is 23.0. The summed E-state index contributed by atoms with van der Waals surface area (Å²) in [6, 6.07) is 17.6. The average Bonchev–Trinajstić information content (AvgIpc) is 3.30. The molecule has 2 aromatic carbocycles. The smallest absolute Gasteiger partial charge is 0.273 e. The van der Waals surface area contributed by atoms with Crippen LogP contribution in [0.25, 0.3) is 0 Å². The molecule has 0 radical (unpaired) electrons. The molecule has 0 aliphatic heterocycles. The Morgan fingerprint density at radius 2 is 1.73 bits per heavy atom. The number of rotatable bonds is 9. The van der Waals surface area contributed by atoms with Crippen LogP contribution in [-0.4, -0.2) is 20.8 Å². The van der Waals surface area contributed by atoms with Gasteiger partial charge in [0.25, 0.3) is 5.91 Å². The first-order valence-electron chi connectivity index (χ1n) is 10.4. The Morgan fingerprint density at radius 3 is 2.48 bits per heavy atom. The number of pyridine rings is 1. The van der Waals surface area contributed by atoms with Gasteiger partial charge in [0.05, 0.1) is 6.54 Å². The third kappa shape index (κ3) is 6.47. The van der Waals surface area contributed by atoms with Crippen molar-refractivity contribution in [2.75, 3.05) is 0 Å². The number of carbonyl (C=O) groups excluding carboxylic acids is 1. The molecule has 0 unspecified atom stereocenters. The van der Waals surface area contributed by atoms with E-state index in [0.29, 0.717) is 37.1 Å². The summed E-state index contributed by atoms with van der Waals surface area (Å²) < 4.78 is 18.9. The summed E-state index contributed by atoms with van der Waals surface area (Å²) in [5.41, 5.74) is 3.03. The van der Waals surface area contributed by atoms with Crippen molar-refractivity contribution in [3.8, 4) is 0 Å². The highest BCUT2D eigenvalue weighted by atomic mass is 35.5. The van der Waals surface area contributed by atoms with Gasteiger partial charge in [-0.25, -0.2) is 9.37 Å². The fourth-order valence-corrected chi connectivity index (χ4v) is 3.53. The third-order valence-corrected chi connectivity index (χ3v) is 5.39. The Bertz CT molecular complexity index is 1200. The largest absolute Gasteiger partial charge is 0.447 e. The van der Waals surface area contributed by atoms with E-state index < -0.39 is 0 Å². The maximum absolute atomic E-state index is 13.3. The highest BCUT2D eigenvalue weighted by molar-refractivity contribution is 6.31. The molecule has 0 saturated carbocycles. The van der Waals surface area contributed by atoms with Crippen molar-refractivity contribution >= 4 is 17.5 Å². The van der Waals surface area contributed by atoms with E-state index in [2.05, 4.69) is 20.2 Å². The normalized spacial score (nSPS) is 11.0. The fraction of sp³-hybridized carbons (Fsp3) is 0.160. The summed E-state index contributed by atoms with van der Waals surface area (Å²) in [5.74, 6) is -0.206. The highest BCUT2D eigenvalue weighted by Crippen LogP contribution is 2.20. The first-order chi connectivity index (χ1) is 16.1. The fourth-order valence-electron chi connectivity index (χ4n) is 3.34. The number of hydrogen-bond donors (Lipinski definition) is 1. The van der Waals surface area contributed by atoms with Crippen molar-refractivity contribution in [2.45, 2.75) is 26.2 Å². The number of nitrogens with zero attached hydrogens (tertiary/aromatic N) is 3. The van der Waals surface area contributed by atoms with Gasteiger partial charge in [0, 0.05) is 37.1 Å². The number of halogens is 2. The zero-order valence-corrected chi connectivity index (χ0v) is 18.5. The SMILES string of the molecule is O=C(NCc1ccncc1)c1coc(CN(Cc2ccc(F)cc2)Cc2ccccc2Cl)n1. The van der Waals surface area contributed by atoms with Gasteiger partial charge in [-0.2, -0.15) is 0 Å². The van der Waals surface area contributed by atoms with Gasteiger partial charge in [-0.15, -0.1) is 0 Å². The van der Waals surface area contributed by atoms with Crippen molar-refractivity contribution in [2.24, 2.45) is 0 Å². The first kappa shape index (κ1) is 22.6. The predicted octanol–water partition coefficient (Wildman–Crippen LogP) is 4.99. The van der Waals surface area contributed by atoms with E-state index in [1.165, 1.54) is 18.4 Å². The predicted molar refractivity (Wildman–Crippen MR) is 123 cm³/mol. The van der Waals surface area contributed by atoms with E-state index in [0.717, 1.165) is 16.7 Å². The van der Waals surface area contributed by atoms with Gasteiger partial charge in [-0.05, 0) is 47.0 Å². The van der Waals surface area contributed by atoms with Crippen LogP contribution in [0.4, 0.5) is 4.39 Å². The number of aromatic nitrogens is 2. The Labute approximate surface area is 196 Å². The Morgan fingerprint density at radius 1 is 0.970 bits per heavy atom. The molecule has 0 bridgehead atoms. The number of nitrogens with one attached hydrogen (secondary N) is 1. The lowest BCUT2D eigenvalue weighted by molar-refractivity contribution is 0.0945. The quantitative estimate of drug-likeness (QED) is 0.377. The molecule has 0 aliphatic rings. The lowest BCUT2D eigenvalue weighted by Crippen LogP contribution is -2.24. The second kappa shape index (κ2) is 10.8. The maximum atomic E-state index is 13.3. The topological polar surface area (TPSA) is 71.3 Å². The minimum atomic E-state index is -0.321. The van der Waals surface area contributed by atoms with Crippen LogP contribution in [-0.2, 0) is 26.2 Å². The van der Waals surface area contributed by atoms with E-state index in [9.17, 15) is 9.18 Å². The van der Waals surface area contributed by atoms with Crippen molar-refractivity contribution < 1.29 is 13.6 Å². The standard InChI is InChI=1S/C25H22ClFN4O2/c26-22-4-2-1-3-20(22)15-31(14-19-5-7-21(27)8-6-19)16-24-30-23(17-33-24)25(32)29-13-18-9-11-28-12-10-18/h1-12,17H,13-16H2,(H,29,32). The van der Waals surface area contributed by atoms with Gasteiger partial charge in [0.15, 0.2) is 5.69 Å². The molecule has 0 spiro atoms. The number of benzene rings is 2. The van der Waals surface area contributed by atoms with Crippen LogP contribution < -0.4 is 5.32 Å². The molecule has 0 aliphatic carbocycles. The van der Waals surface area contributed by atoms with Crippen molar-refractivity contribution in [1.29, 1.82) is 0 Å². The lowest BCUT2D eigenvalue weighted by atomic mass is 10.1. The molecule has 6 nitrogen and oxygen atoms in total. The van der Waals surface area contributed by atoms with Crippen LogP contribution in [0.15, 0.2) is 83.7 Å². The summed E-state index contributed by atoms with van der Waals surface area (Å²) >= 11 is 6.35. The van der Waals surface area contributed by atoms with E-state index in [4.69, 9.17) is 16.0 Å². The van der Waals surface area contributed by atoms with Crippen molar-refractivity contribution in [3.05, 3.63) is 118 Å². The molecule has 4 aromatic rings. The van der Waals surface area contributed by atoms with E-state index in [1.54, 1.807) is 24.5 Å². The molecule has 168 valence electrons. The maximum Gasteiger partial charge on any atom is 0.273 e. The number of oxazole rings is 1. The first-order valence-corrected chi connectivity index (χ1v) is 10.8. The highest BCUT2D eigenvalue weighted by Gasteiger charge is 2.16. The molecule has 2 aromatic heterocycles. The number of amides is 1. The molecule has 0 fully saturated rings. The minimum Gasteiger partial charge on any atom is -0.447 e. The summed E-state index contributed by atoms with van der Waals surface area (Å²) in [6.07, 6.45) is 4.69. The van der Waals surface area contributed by atoms with Gasteiger partial charge in [0.1, 0.15) is 12.1 Å². The van der Waals surface area contributed by atoms with Gasteiger partial charge >= 0.3 is 0 Å². The van der Waals surface area contributed by atoms with Gasteiger partial charge in [-0.3, -0.25) is 14.7 Å². The molecule has 8 heteroatoms. The summed E-state index contributed by atoms with van der Waals surface area (Å²) in [7, 11) is 0. The summed E-state index contributed by atoms with van der Waals surface area (Å²) in [5, 5.41) is 3.48.